The Balaban J connectivity index is 1.50. The molecule has 5 aromatic rings. The monoisotopic (exact) mass is 417 g/mol. The van der Waals surface area contributed by atoms with Crippen molar-refractivity contribution in [3.63, 3.8) is 0 Å². The predicted molar refractivity (Wildman–Crippen MR) is 113 cm³/mol. The molecule has 0 atom stereocenters. The first-order valence-corrected chi connectivity index (χ1v) is 9.57. The van der Waals surface area contributed by atoms with Crippen LogP contribution in [0.1, 0.15) is 11.5 Å². The van der Waals surface area contributed by atoms with Gasteiger partial charge in [-0.2, -0.15) is 0 Å². The molecule has 0 unspecified atom stereocenters. The second-order valence-electron chi connectivity index (χ2n) is 7.19. The van der Waals surface area contributed by atoms with Gasteiger partial charge in [-0.25, -0.2) is 18.7 Å². The normalized spacial score (nSPS) is 11.2. The number of benzene rings is 1. The third-order valence-corrected chi connectivity index (χ3v) is 4.90. The number of pyridine rings is 2. The first-order valence-electron chi connectivity index (χ1n) is 9.57. The minimum atomic E-state index is -0.420. The highest BCUT2D eigenvalue weighted by molar-refractivity contribution is 5.77. The van der Waals surface area contributed by atoms with Crippen molar-refractivity contribution in [2.24, 2.45) is 0 Å². The smallest absolute Gasteiger partial charge is 0.191 e. The van der Waals surface area contributed by atoms with E-state index in [9.17, 15) is 8.78 Å². The van der Waals surface area contributed by atoms with Gasteiger partial charge in [0.2, 0.25) is 0 Å². The van der Waals surface area contributed by atoms with Gasteiger partial charge in [-0.3, -0.25) is 4.98 Å². The van der Waals surface area contributed by atoms with E-state index in [1.165, 1.54) is 24.4 Å². The molecule has 6 nitrogen and oxygen atoms in total. The minimum absolute atomic E-state index is 0.310. The maximum absolute atomic E-state index is 14.3. The van der Waals surface area contributed by atoms with Crippen LogP contribution in [0.2, 0.25) is 0 Å². The minimum Gasteiger partial charge on any atom is -0.439 e. The molecule has 1 N–H and O–H groups in total. The van der Waals surface area contributed by atoms with Gasteiger partial charge in [0.05, 0.1) is 29.5 Å². The largest absolute Gasteiger partial charge is 0.439 e. The lowest BCUT2D eigenvalue weighted by atomic mass is 10.1. The lowest BCUT2D eigenvalue weighted by Gasteiger charge is -2.08. The van der Waals surface area contributed by atoms with Gasteiger partial charge >= 0.3 is 0 Å². The van der Waals surface area contributed by atoms with Crippen molar-refractivity contribution < 1.29 is 13.2 Å². The van der Waals surface area contributed by atoms with E-state index in [0.717, 1.165) is 11.1 Å². The molecule has 0 aliphatic carbocycles. The number of imidazole rings is 1. The van der Waals surface area contributed by atoms with Crippen LogP contribution < -0.4 is 5.32 Å². The van der Waals surface area contributed by atoms with Crippen LogP contribution in [0.3, 0.4) is 0 Å². The van der Waals surface area contributed by atoms with Crippen LogP contribution in [-0.2, 0) is 0 Å². The van der Waals surface area contributed by atoms with Crippen LogP contribution >= 0.6 is 0 Å². The molecule has 0 radical (unpaired) electrons. The van der Waals surface area contributed by atoms with Crippen LogP contribution in [0.25, 0.3) is 28.4 Å². The van der Waals surface area contributed by atoms with Crippen LogP contribution in [0.4, 0.5) is 20.2 Å². The van der Waals surface area contributed by atoms with Crippen molar-refractivity contribution in [3.8, 4) is 22.7 Å². The predicted octanol–water partition coefficient (Wildman–Crippen LogP) is 5.69. The number of aromatic nitrogens is 4. The van der Waals surface area contributed by atoms with E-state index in [4.69, 9.17) is 4.42 Å². The van der Waals surface area contributed by atoms with Crippen molar-refractivity contribution in [2.45, 2.75) is 13.8 Å². The Morgan fingerprint density at radius 2 is 1.77 bits per heavy atom. The highest BCUT2D eigenvalue weighted by Crippen LogP contribution is 2.29. The molecular formula is C23H17F2N5O. The van der Waals surface area contributed by atoms with E-state index in [1.807, 2.05) is 13.0 Å². The summed E-state index contributed by atoms with van der Waals surface area (Å²) in [6.07, 6.45) is 6.31. The molecular weight excluding hydrogens is 400 g/mol. The van der Waals surface area contributed by atoms with Crippen LogP contribution in [0.15, 0.2) is 65.6 Å². The van der Waals surface area contributed by atoms with Crippen LogP contribution in [0.5, 0.6) is 0 Å². The van der Waals surface area contributed by atoms with Gasteiger partial charge in [0.15, 0.2) is 17.3 Å². The van der Waals surface area contributed by atoms with Gasteiger partial charge in [-0.15, -0.1) is 0 Å². The topological polar surface area (TPSA) is 68.2 Å². The van der Waals surface area contributed by atoms with Gasteiger partial charge in [0.1, 0.15) is 17.3 Å². The number of halogens is 2. The number of rotatable bonds is 4. The molecule has 4 heterocycles. The maximum atomic E-state index is 14.3. The van der Waals surface area contributed by atoms with E-state index in [2.05, 4.69) is 20.3 Å². The number of hydrogen-bond donors (Lipinski definition) is 1. The molecule has 0 fully saturated rings. The van der Waals surface area contributed by atoms with Gasteiger partial charge in [0, 0.05) is 30.9 Å². The van der Waals surface area contributed by atoms with Gasteiger partial charge in [-0.1, -0.05) is 0 Å². The average molecular weight is 417 g/mol. The van der Waals surface area contributed by atoms with Crippen molar-refractivity contribution in [2.75, 3.05) is 5.32 Å². The second-order valence-corrected chi connectivity index (χ2v) is 7.19. The Labute approximate surface area is 176 Å². The molecule has 0 bridgehead atoms. The zero-order chi connectivity index (χ0) is 21.5. The summed E-state index contributed by atoms with van der Waals surface area (Å²) < 4.78 is 34.8. The molecule has 0 aliphatic rings. The third kappa shape index (κ3) is 3.63. The molecule has 5 rings (SSSR count). The van der Waals surface area contributed by atoms with Gasteiger partial charge in [-0.05, 0) is 42.8 Å². The zero-order valence-electron chi connectivity index (χ0n) is 16.7. The number of fused-ring (bicyclic) bond motifs is 1. The summed E-state index contributed by atoms with van der Waals surface area (Å²) >= 11 is 0. The lowest BCUT2D eigenvalue weighted by molar-refractivity contribution is 0.532. The number of oxazole rings is 1. The number of nitrogens with one attached hydrogen (secondary N) is 1. The number of aryl methyl sites for hydroxylation is 2. The molecule has 154 valence electrons. The van der Waals surface area contributed by atoms with E-state index in [0.29, 0.717) is 40.1 Å². The summed E-state index contributed by atoms with van der Waals surface area (Å²) in [7, 11) is 0. The maximum Gasteiger partial charge on any atom is 0.191 e. The molecule has 31 heavy (non-hydrogen) atoms. The first-order chi connectivity index (χ1) is 15.0. The summed E-state index contributed by atoms with van der Waals surface area (Å²) in [6.45, 7) is 3.58. The SMILES string of the molecule is Cc1ncc(-c2ccc(Nc3cc(F)cn4cc(-c5ccc(F)cc5C)nc34)cn2)o1. The summed E-state index contributed by atoms with van der Waals surface area (Å²) in [5.41, 5.74) is 4.48. The Bertz CT molecular complexity index is 1410. The molecule has 0 saturated heterocycles. The van der Waals surface area contributed by atoms with Crippen molar-refractivity contribution >= 4 is 17.0 Å². The van der Waals surface area contributed by atoms with Crippen molar-refractivity contribution in [1.29, 1.82) is 0 Å². The highest BCUT2D eigenvalue weighted by Gasteiger charge is 2.13. The number of anilines is 2. The average Bonchev–Trinajstić information content (AvgIpc) is 3.35. The molecule has 0 spiro atoms. The second kappa shape index (κ2) is 7.32. The fourth-order valence-corrected chi connectivity index (χ4v) is 3.45. The Kier molecular flexibility index (Phi) is 4.47. The van der Waals surface area contributed by atoms with E-state index in [1.54, 1.807) is 42.0 Å². The van der Waals surface area contributed by atoms with Gasteiger partial charge < -0.3 is 14.1 Å². The molecule has 0 saturated carbocycles. The zero-order valence-corrected chi connectivity index (χ0v) is 16.7. The van der Waals surface area contributed by atoms with Crippen molar-refractivity contribution in [3.05, 3.63) is 84.3 Å². The van der Waals surface area contributed by atoms with Crippen molar-refractivity contribution in [1.82, 2.24) is 19.4 Å². The summed E-state index contributed by atoms with van der Waals surface area (Å²) in [5.74, 6) is 0.406. The summed E-state index contributed by atoms with van der Waals surface area (Å²) in [5, 5.41) is 3.17. The van der Waals surface area contributed by atoms with E-state index in [-0.39, 0.29) is 5.82 Å². The van der Waals surface area contributed by atoms with E-state index < -0.39 is 5.82 Å². The number of hydrogen-bond acceptors (Lipinski definition) is 5. The molecule has 4 aromatic heterocycles. The van der Waals surface area contributed by atoms with Gasteiger partial charge in [0.25, 0.3) is 0 Å². The fourth-order valence-electron chi connectivity index (χ4n) is 3.45. The lowest BCUT2D eigenvalue weighted by Crippen LogP contribution is -1.97. The fraction of sp³-hybridized carbons (Fsp3) is 0.0870. The molecule has 8 heteroatoms. The Morgan fingerprint density at radius 1 is 0.903 bits per heavy atom. The summed E-state index contributed by atoms with van der Waals surface area (Å²) in [4.78, 5) is 13.1. The third-order valence-electron chi connectivity index (χ3n) is 4.90. The van der Waals surface area contributed by atoms with Crippen LogP contribution in [0, 0.1) is 25.5 Å². The molecule has 1 aromatic carbocycles. The standard InChI is InChI=1S/C23H17F2N5O/c1-13-7-15(24)3-5-18(13)21-12-30-11-16(25)8-20(23(30)29-21)28-17-4-6-19(27-9-17)22-10-26-14(2)31-22/h3-12,28H,1-2H3. The summed E-state index contributed by atoms with van der Waals surface area (Å²) in [6, 6.07) is 9.48. The van der Waals surface area contributed by atoms with E-state index >= 15 is 0 Å². The molecule has 0 amide bonds. The Hall–Kier alpha value is -4.07. The highest BCUT2D eigenvalue weighted by atomic mass is 19.1. The quantitative estimate of drug-likeness (QED) is 0.407. The Morgan fingerprint density at radius 3 is 2.48 bits per heavy atom. The van der Waals surface area contributed by atoms with Crippen LogP contribution in [-0.4, -0.2) is 19.4 Å². The number of nitrogens with zero attached hydrogens (tertiary/aromatic N) is 4. The first kappa shape index (κ1) is 18.9. The molecule has 0 aliphatic heterocycles.